The summed E-state index contributed by atoms with van der Waals surface area (Å²) < 4.78 is 5.94. The standard InChI is InChI=1S/C20H22N6O2S/c1-11-5-6-16(21-9-11)15-7-14(15)10-28-18-8-17(22-19(23-18)12(2)27)26(4)20-25-24-13(3)29-20/h5-6,8-9,14-15H,7,10H2,1-4H3/t14-,15+/m0/s1. The molecule has 1 fully saturated rings. The molecule has 3 aromatic rings. The number of ketones is 1. The van der Waals surface area contributed by atoms with E-state index in [1.807, 2.05) is 27.1 Å². The molecule has 8 nitrogen and oxygen atoms in total. The highest BCUT2D eigenvalue weighted by Crippen LogP contribution is 2.46. The first-order valence-corrected chi connectivity index (χ1v) is 10.2. The van der Waals surface area contributed by atoms with E-state index < -0.39 is 0 Å². The molecular weight excluding hydrogens is 388 g/mol. The first-order chi connectivity index (χ1) is 13.9. The van der Waals surface area contributed by atoms with E-state index in [0.29, 0.717) is 35.3 Å². The van der Waals surface area contributed by atoms with Gasteiger partial charge in [-0.2, -0.15) is 4.98 Å². The summed E-state index contributed by atoms with van der Waals surface area (Å²) in [5.74, 6) is 1.65. The third-order valence-electron chi connectivity index (χ3n) is 4.83. The molecule has 9 heteroatoms. The molecule has 3 heterocycles. The van der Waals surface area contributed by atoms with E-state index in [1.165, 1.54) is 18.3 Å². The number of pyridine rings is 1. The fourth-order valence-corrected chi connectivity index (χ4v) is 3.68. The topological polar surface area (TPSA) is 94.0 Å². The average molecular weight is 411 g/mol. The van der Waals surface area contributed by atoms with Crippen molar-refractivity contribution in [2.24, 2.45) is 5.92 Å². The van der Waals surface area contributed by atoms with Gasteiger partial charge in [-0.15, -0.1) is 10.2 Å². The first-order valence-electron chi connectivity index (χ1n) is 9.40. The van der Waals surface area contributed by atoms with E-state index in [-0.39, 0.29) is 11.6 Å². The van der Waals surface area contributed by atoms with Crippen molar-refractivity contribution in [2.45, 2.75) is 33.1 Å². The number of hydrogen-bond acceptors (Lipinski definition) is 9. The van der Waals surface area contributed by atoms with Crippen LogP contribution in [0.15, 0.2) is 24.4 Å². The Kier molecular flexibility index (Phi) is 5.23. The Balaban J connectivity index is 1.48. The van der Waals surface area contributed by atoms with Crippen LogP contribution in [-0.4, -0.2) is 44.6 Å². The van der Waals surface area contributed by atoms with Crippen LogP contribution in [0.2, 0.25) is 0 Å². The molecule has 29 heavy (non-hydrogen) atoms. The molecular formula is C20H22N6O2S. The van der Waals surface area contributed by atoms with Crippen molar-refractivity contribution in [1.82, 2.24) is 25.1 Å². The summed E-state index contributed by atoms with van der Waals surface area (Å²) in [6, 6.07) is 5.89. The predicted molar refractivity (Wildman–Crippen MR) is 110 cm³/mol. The highest BCUT2D eigenvalue weighted by Gasteiger charge is 2.40. The van der Waals surface area contributed by atoms with Crippen molar-refractivity contribution in [1.29, 1.82) is 0 Å². The fraction of sp³-hybridized carbons (Fsp3) is 0.400. The van der Waals surface area contributed by atoms with Gasteiger partial charge in [-0.1, -0.05) is 17.4 Å². The third kappa shape index (κ3) is 4.40. The number of ether oxygens (including phenoxy) is 1. The highest BCUT2D eigenvalue weighted by atomic mass is 32.1. The second kappa shape index (κ2) is 7.82. The number of aromatic nitrogens is 5. The van der Waals surface area contributed by atoms with E-state index in [1.54, 1.807) is 11.0 Å². The molecule has 150 valence electrons. The molecule has 0 aromatic carbocycles. The minimum atomic E-state index is -0.216. The van der Waals surface area contributed by atoms with Crippen LogP contribution in [-0.2, 0) is 0 Å². The quantitative estimate of drug-likeness (QED) is 0.546. The molecule has 4 rings (SSSR count). The van der Waals surface area contributed by atoms with Crippen LogP contribution in [0.3, 0.4) is 0 Å². The summed E-state index contributed by atoms with van der Waals surface area (Å²) in [4.78, 5) is 26.8. The lowest BCUT2D eigenvalue weighted by atomic mass is 10.2. The van der Waals surface area contributed by atoms with Gasteiger partial charge in [-0.3, -0.25) is 9.78 Å². The molecule has 0 N–H and O–H groups in total. The van der Waals surface area contributed by atoms with Crippen molar-refractivity contribution < 1.29 is 9.53 Å². The largest absolute Gasteiger partial charge is 0.477 e. The maximum absolute atomic E-state index is 11.9. The van der Waals surface area contributed by atoms with Crippen LogP contribution in [0.25, 0.3) is 0 Å². The summed E-state index contributed by atoms with van der Waals surface area (Å²) in [7, 11) is 1.83. The third-order valence-corrected chi connectivity index (χ3v) is 5.75. The van der Waals surface area contributed by atoms with Crippen LogP contribution >= 0.6 is 11.3 Å². The second-order valence-corrected chi connectivity index (χ2v) is 8.44. The van der Waals surface area contributed by atoms with Crippen molar-refractivity contribution in [3.05, 3.63) is 46.5 Å². The van der Waals surface area contributed by atoms with Gasteiger partial charge >= 0.3 is 0 Å². The lowest BCUT2D eigenvalue weighted by Crippen LogP contribution is -2.15. The van der Waals surface area contributed by atoms with E-state index in [4.69, 9.17) is 4.74 Å². The number of rotatable bonds is 7. The van der Waals surface area contributed by atoms with Crippen molar-refractivity contribution in [2.75, 3.05) is 18.6 Å². The maximum atomic E-state index is 11.9. The van der Waals surface area contributed by atoms with Gasteiger partial charge in [0, 0.05) is 43.8 Å². The van der Waals surface area contributed by atoms with Crippen molar-refractivity contribution in [3.8, 4) is 5.88 Å². The van der Waals surface area contributed by atoms with E-state index in [0.717, 1.165) is 22.7 Å². The van der Waals surface area contributed by atoms with Crippen LogP contribution in [0.5, 0.6) is 5.88 Å². The van der Waals surface area contributed by atoms with Gasteiger partial charge in [-0.05, 0) is 31.9 Å². The Morgan fingerprint density at radius 1 is 1.28 bits per heavy atom. The first kappa shape index (κ1) is 19.4. The van der Waals surface area contributed by atoms with E-state index in [2.05, 4.69) is 37.3 Å². The fourth-order valence-electron chi connectivity index (χ4n) is 3.02. The Bertz CT molecular complexity index is 1040. The zero-order chi connectivity index (χ0) is 20.5. The molecule has 0 radical (unpaired) electrons. The lowest BCUT2D eigenvalue weighted by molar-refractivity contribution is 0.100. The maximum Gasteiger partial charge on any atom is 0.219 e. The number of hydrogen-bond donors (Lipinski definition) is 0. The normalized spacial score (nSPS) is 17.8. The molecule has 0 amide bonds. The van der Waals surface area contributed by atoms with Gasteiger partial charge < -0.3 is 9.64 Å². The molecule has 0 spiro atoms. The average Bonchev–Trinajstić information content (AvgIpc) is 3.36. The molecule has 1 aliphatic carbocycles. The van der Waals surface area contributed by atoms with E-state index >= 15 is 0 Å². The summed E-state index contributed by atoms with van der Waals surface area (Å²) in [5.41, 5.74) is 2.26. The summed E-state index contributed by atoms with van der Waals surface area (Å²) in [5, 5.41) is 9.71. The Morgan fingerprint density at radius 2 is 2.10 bits per heavy atom. The highest BCUT2D eigenvalue weighted by molar-refractivity contribution is 7.15. The zero-order valence-corrected chi connectivity index (χ0v) is 17.6. The smallest absolute Gasteiger partial charge is 0.219 e. The van der Waals surface area contributed by atoms with Crippen LogP contribution < -0.4 is 9.64 Å². The molecule has 1 aliphatic rings. The summed E-state index contributed by atoms with van der Waals surface area (Å²) >= 11 is 1.45. The van der Waals surface area contributed by atoms with Gasteiger partial charge in [0.05, 0.1) is 6.61 Å². The van der Waals surface area contributed by atoms with Gasteiger partial charge in [0.15, 0.2) is 5.78 Å². The lowest BCUT2D eigenvalue weighted by Gasteiger charge is -2.16. The monoisotopic (exact) mass is 410 g/mol. The predicted octanol–water partition coefficient (Wildman–Crippen LogP) is 3.49. The van der Waals surface area contributed by atoms with Crippen LogP contribution in [0.1, 0.15) is 46.1 Å². The Labute approximate surface area is 173 Å². The van der Waals surface area contributed by atoms with Gasteiger partial charge in [0.2, 0.25) is 16.8 Å². The zero-order valence-electron chi connectivity index (χ0n) is 16.8. The van der Waals surface area contributed by atoms with Crippen LogP contribution in [0, 0.1) is 19.8 Å². The number of aryl methyl sites for hydroxylation is 2. The Morgan fingerprint density at radius 3 is 2.76 bits per heavy atom. The number of nitrogens with zero attached hydrogens (tertiary/aromatic N) is 6. The SMILES string of the molecule is CC(=O)c1nc(OC[C@@H]2C[C@H]2c2ccc(C)cn2)cc(N(C)c2nnc(C)s2)n1. The number of carbonyl (C=O) groups is 1. The molecule has 1 saturated carbocycles. The van der Waals surface area contributed by atoms with E-state index in [9.17, 15) is 4.79 Å². The van der Waals surface area contributed by atoms with Crippen molar-refractivity contribution in [3.63, 3.8) is 0 Å². The number of Topliss-reactive ketones (excluding diaryl/α,β-unsaturated/α-hetero) is 1. The molecule has 3 aromatic heterocycles. The van der Waals surface area contributed by atoms with Gasteiger partial charge in [-0.25, -0.2) is 4.98 Å². The molecule has 0 unspecified atom stereocenters. The summed E-state index contributed by atoms with van der Waals surface area (Å²) in [6.45, 7) is 5.89. The summed E-state index contributed by atoms with van der Waals surface area (Å²) in [6.07, 6.45) is 2.93. The molecule has 0 aliphatic heterocycles. The van der Waals surface area contributed by atoms with Crippen LogP contribution in [0.4, 0.5) is 10.9 Å². The molecule has 0 saturated heterocycles. The van der Waals surface area contributed by atoms with Gasteiger partial charge in [0.25, 0.3) is 0 Å². The second-order valence-electron chi connectivity index (χ2n) is 7.28. The van der Waals surface area contributed by atoms with Gasteiger partial charge in [0.1, 0.15) is 10.8 Å². The van der Waals surface area contributed by atoms with Crippen molar-refractivity contribution >= 4 is 28.1 Å². The number of anilines is 2. The minimum Gasteiger partial charge on any atom is -0.477 e. The molecule has 0 bridgehead atoms. The molecule has 2 atom stereocenters. The minimum absolute atomic E-state index is 0.123. The Hall–Kier alpha value is -2.94. The number of carbonyl (C=O) groups excluding carboxylic acids is 1.